The predicted octanol–water partition coefficient (Wildman–Crippen LogP) is 16.3. The maximum atomic E-state index is 12.6. The number of unbranched alkanes of at least 4 members (excludes halogenated alkanes) is 40. The van der Waals surface area contributed by atoms with Crippen LogP contribution in [0.5, 0.6) is 0 Å². The summed E-state index contributed by atoms with van der Waals surface area (Å²) in [4.78, 5) is 12.6. The van der Waals surface area contributed by atoms with Crippen molar-refractivity contribution >= 4 is 5.91 Å². The Morgan fingerprint density at radius 3 is 1.00 bits per heavy atom. The van der Waals surface area contributed by atoms with E-state index in [-0.39, 0.29) is 0 Å². The van der Waals surface area contributed by atoms with E-state index in [1.54, 1.807) is 0 Å². The second-order valence-electron chi connectivity index (χ2n) is 19.7. The van der Waals surface area contributed by atoms with E-state index in [4.69, 9.17) is 0 Å². The first-order valence-corrected chi connectivity index (χ1v) is 28.2. The molecule has 0 aliphatic rings. The summed E-state index contributed by atoms with van der Waals surface area (Å²) in [6.45, 7) is 4.05. The van der Waals surface area contributed by atoms with E-state index in [9.17, 15) is 25.2 Å². The molecular formula is C57H111NO5. The number of hydrogen-bond acceptors (Lipinski definition) is 5. The Morgan fingerprint density at radius 2 is 0.667 bits per heavy atom. The highest BCUT2D eigenvalue weighted by molar-refractivity contribution is 5.80. The Kier molecular flexibility index (Phi) is 50.8. The molecule has 0 saturated heterocycles. The number of carbonyl (C=O) groups is 1. The van der Waals surface area contributed by atoms with E-state index in [1.807, 2.05) is 0 Å². The van der Waals surface area contributed by atoms with Gasteiger partial charge < -0.3 is 25.7 Å². The zero-order valence-electron chi connectivity index (χ0n) is 42.3. The summed E-state index contributed by atoms with van der Waals surface area (Å²) in [5.74, 6) is -0.584. The molecule has 4 unspecified atom stereocenters. The highest BCUT2D eigenvalue weighted by Gasteiger charge is 2.28. The molecule has 5 N–H and O–H groups in total. The first-order chi connectivity index (χ1) is 31.0. The number of allylic oxidation sites excluding steroid dienone is 4. The van der Waals surface area contributed by atoms with Gasteiger partial charge in [-0.3, -0.25) is 4.79 Å². The normalized spacial score (nSPS) is 13.9. The summed E-state index contributed by atoms with van der Waals surface area (Å²) >= 11 is 0. The van der Waals surface area contributed by atoms with Crippen molar-refractivity contribution in [1.29, 1.82) is 0 Å². The van der Waals surface area contributed by atoms with Gasteiger partial charge in [0.2, 0.25) is 5.91 Å². The van der Waals surface area contributed by atoms with E-state index in [0.29, 0.717) is 12.8 Å². The summed E-state index contributed by atoms with van der Waals surface area (Å²) in [7, 11) is 0. The van der Waals surface area contributed by atoms with Gasteiger partial charge in [-0.2, -0.15) is 0 Å². The minimum absolute atomic E-state index is 0.365. The Bertz CT molecular complexity index is 955. The SMILES string of the molecule is CCCCC/C=C\C=C/CCCCCCCCCCCC(O)C(=O)NC(CO)C(O)C(O)CCCCCCCCCCCCCCCCCCCCCCCCCCCCCCC. The molecule has 374 valence electrons. The van der Waals surface area contributed by atoms with Crippen LogP contribution in [0.3, 0.4) is 0 Å². The average molecular weight is 891 g/mol. The van der Waals surface area contributed by atoms with Crippen LogP contribution in [-0.4, -0.2) is 57.3 Å². The fraction of sp³-hybridized carbons (Fsp3) is 0.912. The van der Waals surface area contributed by atoms with Crippen LogP contribution in [0.25, 0.3) is 0 Å². The van der Waals surface area contributed by atoms with Crippen LogP contribution in [0, 0.1) is 0 Å². The van der Waals surface area contributed by atoms with Crippen molar-refractivity contribution in [1.82, 2.24) is 5.32 Å². The molecule has 0 aliphatic heterocycles. The number of aliphatic hydroxyl groups excluding tert-OH is 4. The van der Waals surface area contributed by atoms with Crippen molar-refractivity contribution in [3.63, 3.8) is 0 Å². The molecule has 0 saturated carbocycles. The van der Waals surface area contributed by atoms with Gasteiger partial charge in [-0.1, -0.05) is 289 Å². The van der Waals surface area contributed by atoms with Gasteiger partial charge in [0, 0.05) is 0 Å². The smallest absolute Gasteiger partial charge is 0.249 e. The minimum atomic E-state index is -1.26. The number of rotatable bonds is 52. The first kappa shape index (κ1) is 61.8. The molecule has 0 aromatic heterocycles. The van der Waals surface area contributed by atoms with Crippen LogP contribution in [0.15, 0.2) is 24.3 Å². The molecule has 6 heteroatoms. The number of aliphatic hydroxyl groups is 4. The molecule has 0 fully saturated rings. The number of hydrogen-bond donors (Lipinski definition) is 5. The first-order valence-electron chi connectivity index (χ1n) is 28.2. The monoisotopic (exact) mass is 890 g/mol. The number of carbonyl (C=O) groups excluding carboxylic acids is 1. The third-order valence-corrected chi connectivity index (χ3v) is 13.4. The van der Waals surface area contributed by atoms with E-state index >= 15 is 0 Å². The number of amides is 1. The fourth-order valence-electron chi connectivity index (χ4n) is 8.99. The zero-order valence-corrected chi connectivity index (χ0v) is 42.3. The average Bonchev–Trinajstić information content (AvgIpc) is 3.29. The standard InChI is InChI=1S/C57H111NO5/c1-3-5-7-9-11-13-15-17-19-21-23-24-25-26-27-28-29-30-31-32-33-35-36-38-40-42-44-46-48-50-54(60)56(62)53(52-59)58-57(63)55(61)51-49-47-45-43-41-39-37-34-22-20-18-16-14-12-10-8-6-4-2/h12,14,16,18,53-56,59-62H,3-11,13,15,17,19-52H2,1-2H3,(H,58,63)/b14-12-,18-16-. The summed E-state index contributed by atoms with van der Waals surface area (Å²) < 4.78 is 0. The number of nitrogens with one attached hydrogen (secondary N) is 1. The Balaban J connectivity index is 3.58. The topological polar surface area (TPSA) is 110 Å². The van der Waals surface area contributed by atoms with E-state index in [2.05, 4.69) is 43.5 Å². The predicted molar refractivity (Wildman–Crippen MR) is 274 cm³/mol. The second kappa shape index (κ2) is 51.8. The minimum Gasteiger partial charge on any atom is -0.394 e. The molecule has 0 aliphatic carbocycles. The lowest BCUT2D eigenvalue weighted by Crippen LogP contribution is -2.53. The van der Waals surface area contributed by atoms with E-state index < -0.39 is 36.9 Å². The maximum Gasteiger partial charge on any atom is 0.249 e. The van der Waals surface area contributed by atoms with E-state index in [1.165, 1.54) is 231 Å². The van der Waals surface area contributed by atoms with Gasteiger partial charge >= 0.3 is 0 Å². The molecular weight excluding hydrogens is 779 g/mol. The van der Waals surface area contributed by atoms with Gasteiger partial charge in [0.05, 0.1) is 18.8 Å². The van der Waals surface area contributed by atoms with Crippen LogP contribution < -0.4 is 5.32 Å². The van der Waals surface area contributed by atoms with Crippen LogP contribution in [0.1, 0.15) is 303 Å². The molecule has 0 heterocycles. The summed E-state index contributed by atoms with van der Waals surface area (Å²) in [6, 6.07) is -0.987. The molecule has 4 atom stereocenters. The second-order valence-corrected chi connectivity index (χ2v) is 19.7. The molecule has 0 spiro atoms. The highest BCUT2D eigenvalue weighted by Crippen LogP contribution is 2.18. The Morgan fingerprint density at radius 1 is 0.397 bits per heavy atom. The van der Waals surface area contributed by atoms with Crippen molar-refractivity contribution in [2.24, 2.45) is 0 Å². The van der Waals surface area contributed by atoms with Gasteiger partial charge in [-0.15, -0.1) is 0 Å². The largest absolute Gasteiger partial charge is 0.394 e. The van der Waals surface area contributed by atoms with Gasteiger partial charge in [-0.05, 0) is 38.5 Å². The quantitative estimate of drug-likeness (QED) is 0.0309. The lowest BCUT2D eigenvalue weighted by Gasteiger charge is -2.27. The van der Waals surface area contributed by atoms with Crippen molar-refractivity contribution in [2.45, 2.75) is 327 Å². The molecule has 6 nitrogen and oxygen atoms in total. The van der Waals surface area contributed by atoms with Crippen molar-refractivity contribution < 1.29 is 25.2 Å². The molecule has 0 radical (unpaired) electrons. The maximum absolute atomic E-state index is 12.6. The lowest BCUT2D eigenvalue weighted by molar-refractivity contribution is -0.132. The lowest BCUT2D eigenvalue weighted by atomic mass is 9.99. The molecule has 63 heavy (non-hydrogen) atoms. The van der Waals surface area contributed by atoms with Gasteiger partial charge in [-0.25, -0.2) is 0 Å². The fourth-order valence-corrected chi connectivity index (χ4v) is 8.99. The third kappa shape index (κ3) is 45.7. The van der Waals surface area contributed by atoms with Crippen LogP contribution in [0.2, 0.25) is 0 Å². The molecule has 0 rings (SSSR count). The summed E-state index contributed by atoms with van der Waals surface area (Å²) in [5, 5.41) is 44.0. The van der Waals surface area contributed by atoms with E-state index in [0.717, 1.165) is 44.9 Å². The van der Waals surface area contributed by atoms with Gasteiger partial charge in [0.25, 0.3) is 0 Å². The van der Waals surface area contributed by atoms with Crippen molar-refractivity contribution in [3.8, 4) is 0 Å². The van der Waals surface area contributed by atoms with Crippen LogP contribution in [-0.2, 0) is 4.79 Å². The highest BCUT2D eigenvalue weighted by atomic mass is 16.3. The van der Waals surface area contributed by atoms with Crippen molar-refractivity contribution in [3.05, 3.63) is 24.3 Å². The molecule has 1 amide bonds. The molecule has 0 bridgehead atoms. The molecule has 0 aromatic rings. The molecule has 0 aromatic carbocycles. The van der Waals surface area contributed by atoms with Gasteiger partial charge in [0.1, 0.15) is 12.2 Å². The zero-order chi connectivity index (χ0) is 45.9. The Hall–Kier alpha value is -1.21. The Labute approximate surface area is 393 Å². The summed E-state index contributed by atoms with van der Waals surface area (Å²) in [6.07, 6.45) is 62.5. The van der Waals surface area contributed by atoms with Crippen LogP contribution >= 0.6 is 0 Å². The third-order valence-electron chi connectivity index (χ3n) is 13.4. The van der Waals surface area contributed by atoms with Crippen molar-refractivity contribution in [2.75, 3.05) is 6.61 Å². The van der Waals surface area contributed by atoms with Gasteiger partial charge in [0.15, 0.2) is 0 Å². The van der Waals surface area contributed by atoms with Crippen LogP contribution in [0.4, 0.5) is 0 Å². The summed E-state index contributed by atoms with van der Waals surface area (Å²) in [5.41, 5.74) is 0.